The number of carbonyl (C=O) groups is 1. The van der Waals surface area contributed by atoms with Crippen molar-refractivity contribution >= 4 is 5.97 Å². The largest absolute Gasteiger partial charge is 0.476 e. The zero-order valence-electron chi connectivity index (χ0n) is 11.1. The topological polar surface area (TPSA) is 89.3 Å². The molecular formula is C12H20N4O3. The van der Waals surface area contributed by atoms with Crippen molar-refractivity contribution in [2.45, 2.75) is 32.4 Å². The summed E-state index contributed by atoms with van der Waals surface area (Å²) in [5.74, 6) is -0.395. The summed E-state index contributed by atoms with van der Waals surface area (Å²) in [7, 11) is 0. The van der Waals surface area contributed by atoms with Crippen LogP contribution in [0.15, 0.2) is 6.20 Å². The van der Waals surface area contributed by atoms with Crippen LogP contribution in [0, 0.1) is 5.92 Å². The highest BCUT2D eigenvalue weighted by Gasteiger charge is 2.19. The molecule has 1 unspecified atom stereocenters. The number of ether oxygens (including phenoxy) is 1. The SMILES string of the molecule is CC(NCCn1cc(C(=O)O)nn1)C1CCOCC1. The van der Waals surface area contributed by atoms with E-state index in [-0.39, 0.29) is 5.69 Å². The van der Waals surface area contributed by atoms with Crippen LogP contribution in [-0.4, -0.2) is 51.9 Å². The highest BCUT2D eigenvalue weighted by molar-refractivity contribution is 5.84. The van der Waals surface area contributed by atoms with Crippen LogP contribution < -0.4 is 5.32 Å². The van der Waals surface area contributed by atoms with Gasteiger partial charge >= 0.3 is 5.97 Å². The Morgan fingerprint density at radius 3 is 3.00 bits per heavy atom. The maximum Gasteiger partial charge on any atom is 0.358 e. The normalized spacial score (nSPS) is 18.4. The molecule has 106 valence electrons. The van der Waals surface area contributed by atoms with Crippen molar-refractivity contribution in [1.29, 1.82) is 0 Å². The van der Waals surface area contributed by atoms with Crippen LogP contribution in [-0.2, 0) is 11.3 Å². The Bertz CT molecular complexity index is 415. The molecule has 2 N–H and O–H groups in total. The first-order valence-electron chi connectivity index (χ1n) is 6.61. The molecule has 1 aromatic rings. The van der Waals surface area contributed by atoms with Crippen molar-refractivity contribution in [3.8, 4) is 0 Å². The second-order valence-electron chi connectivity index (χ2n) is 4.86. The fourth-order valence-electron chi connectivity index (χ4n) is 2.29. The highest BCUT2D eigenvalue weighted by atomic mass is 16.5. The van der Waals surface area contributed by atoms with E-state index in [1.807, 2.05) is 0 Å². The van der Waals surface area contributed by atoms with E-state index in [1.165, 1.54) is 6.20 Å². The van der Waals surface area contributed by atoms with Gasteiger partial charge in [0.25, 0.3) is 0 Å². The first kappa shape index (κ1) is 14.0. The number of rotatable bonds is 6. The number of nitrogens with zero attached hydrogens (tertiary/aromatic N) is 3. The fraction of sp³-hybridized carbons (Fsp3) is 0.750. The van der Waals surface area contributed by atoms with Gasteiger partial charge in [-0.05, 0) is 25.7 Å². The van der Waals surface area contributed by atoms with E-state index < -0.39 is 5.97 Å². The van der Waals surface area contributed by atoms with Crippen LogP contribution in [0.3, 0.4) is 0 Å². The molecule has 7 nitrogen and oxygen atoms in total. The van der Waals surface area contributed by atoms with Crippen LogP contribution in [0.25, 0.3) is 0 Å². The van der Waals surface area contributed by atoms with Gasteiger partial charge in [0.15, 0.2) is 5.69 Å². The standard InChI is InChI=1S/C12H20N4O3/c1-9(10-2-6-19-7-3-10)13-4-5-16-8-11(12(17)18)14-15-16/h8-10,13H,2-7H2,1H3,(H,17,18). The van der Waals surface area contributed by atoms with Gasteiger partial charge in [-0.3, -0.25) is 4.68 Å². The van der Waals surface area contributed by atoms with Gasteiger partial charge < -0.3 is 15.2 Å². The predicted octanol–water partition coefficient (Wildman–Crippen LogP) is 0.381. The molecule has 0 aromatic carbocycles. The Balaban J connectivity index is 1.71. The molecule has 1 aliphatic rings. The Hall–Kier alpha value is -1.47. The third-order valence-electron chi connectivity index (χ3n) is 3.54. The molecule has 2 rings (SSSR count). The Kier molecular flexibility index (Phi) is 4.86. The van der Waals surface area contributed by atoms with Gasteiger partial charge in [-0.15, -0.1) is 5.10 Å². The molecular weight excluding hydrogens is 248 g/mol. The summed E-state index contributed by atoms with van der Waals surface area (Å²) in [6, 6.07) is 0.436. The molecule has 0 spiro atoms. The summed E-state index contributed by atoms with van der Waals surface area (Å²) in [6.45, 7) is 5.25. The average molecular weight is 268 g/mol. The molecule has 19 heavy (non-hydrogen) atoms. The lowest BCUT2D eigenvalue weighted by Gasteiger charge is -2.28. The molecule has 0 amide bonds. The molecule has 1 aromatic heterocycles. The molecule has 1 saturated heterocycles. The zero-order valence-corrected chi connectivity index (χ0v) is 11.1. The number of aromatic carboxylic acids is 1. The number of carboxylic acid groups (broad SMARTS) is 1. The Labute approximate surface area is 111 Å². The number of aromatic nitrogens is 3. The number of hydrogen-bond acceptors (Lipinski definition) is 5. The smallest absolute Gasteiger partial charge is 0.358 e. The predicted molar refractivity (Wildman–Crippen MR) is 68.0 cm³/mol. The summed E-state index contributed by atoms with van der Waals surface area (Å²) in [5, 5.41) is 19.5. The van der Waals surface area contributed by atoms with E-state index >= 15 is 0 Å². The van der Waals surface area contributed by atoms with Gasteiger partial charge in [0.1, 0.15) is 0 Å². The number of carboxylic acids is 1. The highest BCUT2D eigenvalue weighted by Crippen LogP contribution is 2.18. The van der Waals surface area contributed by atoms with Crippen LogP contribution in [0.2, 0.25) is 0 Å². The average Bonchev–Trinajstić information content (AvgIpc) is 2.89. The summed E-state index contributed by atoms with van der Waals surface area (Å²) in [5.41, 5.74) is -0.0162. The lowest BCUT2D eigenvalue weighted by atomic mass is 9.93. The summed E-state index contributed by atoms with van der Waals surface area (Å²) >= 11 is 0. The lowest BCUT2D eigenvalue weighted by molar-refractivity contribution is 0.0559. The minimum absolute atomic E-state index is 0.0162. The second-order valence-corrected chi connectivity index (χ2v) is 4.86. The molecule has 1 atom stereocenters. The van der Waals surface area contributed by atoms with E-state index in [0.29, 0.717) is 18.5 Å². The van der Waals surface area contributed by atoms with Crippen molar-refractivity contribution in [3.63, 3.8) is 0 Å². The van der Waals surface area contributed by atoms with E-state index in [0.717, 1.165) is 32.6 Å². The van der Waals surface area contributed by atoms with Gasteiger partial charge in [-0.2, -0.15) is 0 Å². The minimum atomic E-state index is -1.05. The van der Waals surface area contributed by atoms with E-state index in [2.05, 4.69) is 22.6 Å². The molecule has 0 radical (unpaired) electrons. The van der Waals surface area contributed by atoms with Crippen molar-refractivity contribution < 1.29 is 14.6 Å². The maximum absolute atomic E-state index is 10.7. The van der Waals surface area contributed by atoms with E-state index in [9.17, 15) is 4.79 Å². The molecule has 0 aliphatic carbocycles. The van der Waals surface area contributed by atoms with Crippen molar-refractivity contribution in [2.24, 2.45) is 5.92 Å². The quantitative estimate of drug-likeness (QED) is 0.775. The van der Waals surface area contributed by atoms with E-state index in [4.69, 9.17) is 9.84 Å². The zero-order chi connectivity index (χ0) is 13.7. The molecule has 0 bridgehead atoms. The van der Waals surface area contributed by atoms with Crippen LogP contribution in [0.5, 0.6) is 0 Å². The maximum atomic E-state index is 10.7. The number of hydrogen-bond donors (Lipinski definition) is 2. The number of nitrogens with one attached hydrogen (secondary N) is 1. The van der Waals surface area contributed by atoms with Gasteiger partial charge in [0, 0.05) is 25.8 Å². The van der Waals surface area contributed by atoms with Crippen LogP contribution in [0.4, 0.5) is 0 Å². The molecule has 2 heterocycles. The summed E-state index contributed by atoms with van der Waals surface area (Å²) < 4.78 is 6.89. The first-order valence-corrected chi connectivity index (χ1v) is 6.61. The minimum Gasteiger partial charge on any atom is -0.476 e. The summed E-state index contributed by atoms with van der Waals surface area (Å²) in [6.07, 6.45) is 3.64. The summed E-state index contributed by atoms with van der Waals surface area (Å²) in [4.78, 5) is 10.7. The first-order chi connectivity index (χ1) is 9.16. The Morgan fingerprint density at radius 2 is 2.37 bits per heavy atom. The van der Waals surface area contributed by atoms with Gasteiger partial charge in [-0.1, -0.05) is 5.21 Å². The fourth-order valence-corrected chi connectivity index (χ4v) is 2.29. The Morgan fingerprint density at radius 1 is 1.63 bits per heavy atom. The van der Waals surface area contributed by atoms with Crippen molar-refractivity contribution in [2.75, 3.05) is 19.8 Å². The molecule has 0 saturated carbocycles. The van der Waals surface area contributed by atoms with Gasteiger partial charge in [0.05, 0.1) is 12.7 Å². The molecule has 1 aliphatic heterocycles. The van der Waals surface area contributed by atoms with Crippen LogP contribution in [0.1, 0.15) is 30.3 Å². The third kappa shape index (κ3) is 4.00. The molecule has 7 heteroatoms. The second kappa shape index (κ2) is 6.63. The lowest BCUT2D eigenvalue weighted by Crippen LogP contribution is -2.38. The van der Waals surface area contributed by atoms with E-state index in [1.54, 1.807) is 4.68 Å². The van der Waals surface area contributed by atoms with Gasteiger partial charge in [0.2, 0.25) is 0 Å². The van der Waals surface area contributed by atoms with Gasteiger partial charge in [-0.25, -0.2) is 4.79 Å². The monoisotopic (exact) mass is 268 g/mol. The van der Waals surface area contributed by atoms with Crippen LogP contribution >= 0.6 is 0 Å². The third-order valence-corrected chi connectivity index (χ3v) is 3.54. The van der Waals surface area contributed by atoms with Crippen molar-refractivity contribution in [3.05, 3.63) is 11.9 Å². The van der Waals surface area contributed by atoms with Crippen molar-refractivity contribution in [1.82, 2.24) is 20.3 Å². The molecule has 1 fully saturated rings.